The van der Waals surface area contributed by atoms with Crippen molar-refractivity contribution >= 4 is 11.6 Å². The van der Waals surface area contributed by atoms with Gasteiger partial charge in [-0.05, 0) is 12.1 Å². The second-order valence-electron chi connectivity index (χ2n) is 3.55. The minimum atomic E-state index is -0.642. The van der Waals surface area contributed by atoms with Crippen LogP contribution in [0.4, 0.5) is 10.1 Å². The number of nitrogens with one attached hydrogen (secondary N) is 1. The van der Waals surface area contributed by atoms with Crippen molar-refractivity contribution in [1.82, 2.24) is 4.90 Å². The number of nitrogens with zero attached hydrogens (tertiary/aromatic N) is 1. The number of nitrogens with two attached hydrogens (primary N) is 1. The summed E-state index contributed by atoms with van der Waals surface area (Å²) in [7, 11) is 0. The van der Waals surface area contributed by atoms with Crippen LogP contribution in [-0.2, 0) is 0 Å². The lowest BCUT2D eigenvalue weighted by Crippen LogP contribution is -2.36. The molecule has 0 aliphatic carbocycles. The highest BCUT2D eigenvalue weighted by molar-refractivity contribution is 5.99. The van der Waals surface area contributed by atoms with E-state index in [9.17, 15) is 9.18 Å². The van der Waals surface area contributed by atoms with Crippen molar-refractivity contribution in [3.8, 4) is 0 Å². The number of carbonyl (C=O) groups excluding carboxylic acids is 1. The fourth-order valence-corrected chi connectivity index (χ4v) is 1.58. The smallest absolute Gasteiger partial charge is 0.256 e. The summed E-state index contributed by atoms with van der Waals surface area (Å²) in [5, 5.41) is 17.7. The van der Waals surface area contributed by atoms with E-state index in [1.165, 1.54) is 23.1 Å². The van der Waals surface area contributed by atoms with E-state index < -0.39 is 11.7 Å². The summed E-state index contributed by atoms with van der Waals surface area (Å²) in [5.41, 5.74) is 2.08. The van der Waals surface area contributed by atoms with Crippen LogP contribution in [0.15, 0.2) is 18.2 Å². The first-order valence-corrected chi connectivity index (χ1v) is 5.41. The maximum absolute atomic E-state index is 13.4. The molecule has 18 heavy (non-hydrogen) atoms. The lowest BCUT2D eigenvalue weighted by Gasteiger charge is -2.22. The number of hydrogen-bond donors (Lipinski definition) is 4. The molecule has 1 amide bonds. The molecule has 1 aromatic carbocycles. The number of para-hydroxylation sites is 1. The number of hydrogen-bond acceptors (Lipinski definition) is 5. The van der Waals surface area contributed by atoms with Gasteiger partial charge >= 0.3 is 0 Å². The van der Waals surface area contributed by atoms with E-state index in [2.05, 4.69) is 5.43 Å². The number of hydrazine groups is 1. The average molecular weight is 257 g/mol. The summed E-state index contributed by atoms with van der Waals surface area (Å²) in [5.74, 6) is 4.03. The molecule has 0 aliphatic heterocycles. The Morgan fingerprint density at radius 2 is 1.94 bits per heavy atom. The van der Waals surface area contributed by atoms with Gasteiger partial charge in [-0.2, -0.15) is 0 Å². The Bertz CT molecular complexity index is 409. The zero-order valence-corrected chi connectivity index (χ0v) is 9.77. The summed E-state index contributed by atoms with van der Waals surface area (Å²) in [6.07, 6.45) is 0. The van der Waals surface area contributed by atoms with E-state index in [0.717, 1.165) is 0 Å². The normalized spacial score (nSPS) is 10.2. The van der Waals surface area contributed by atoms with E-state index >= 15 is 0 Å². The van der Waals surface area contributed by atoms with Gasteiger partial charge in [0.2, 0.25) is 0 Å². The monoisotopic (exact) mass is 257 g/mol. The Labute approximate surface area is 104 Å². The molecule has 7 heteroatoms. The van der Waals surface area contributed by atoms with Crippen molar-refractivity contribution < 1.29 is 19.4 Å². The van der Waals surface area contributed by atoms with Crippen molar-refractivity contribution in [2.45, 2.75) is 0 Å². The Balaban J connectivity index is 3.04. The molecule has 0 spiro atoms. The van der Waals surface area contributed by atoms with Crippen LogP contribution in [-0.4, -0.2) is 47.3 Å². The van der Waals surface area contributed by atoms with Gasteiger partial charge in [-0.1, -0.05) is 6.07 Å². The molecule has 0 saturated carbocycles. The molecular weight excluding hydrogens is 241 g/mol. The number of carbonyl (C=O) groups is 1. The first-order chi connectivity index (χ1) is 8.65. The van der Waals surface area contributed by atoms with Crippen LogP contribution in [0, 0.1) is 5.82 Å². The summed E-state index contributed by atoms with van der Waals surface area (Å²) in [6.45, 7) is -0.376. The molecule has 0 bridgehead atoms. The Kier molecular flexibility index (Phi) is 5.50. The predicted octanol–water partition coefficient (Wildman–Crippen LogP) is -0.462. The molecule has 0 radical (unpaired) electrons. The van der Waals surface area contributed by atoms with Crippen molar-refractivity contribution in [3.63, 3.8) is 0 Å². The minimum absolute atomic E-state index is 0.0550. The summed E-state index contributed by atoms with van der Waals surface area (Å²) >= 11 is 0. The maximum atomic E-state index is 13.4. The molecular formula is C11H16FN3O3. The molecule has 1 rings (SSSR count). The number of nitrogen functional groups attached to an aromatic ring is 1. The van der Waals surface area contributed by atoms with Crippen LogP contribution in [0.2, 0.25) is 0 Å². The third-order valence-electron chi connectivity index (χ3n) is 2.42. The van der Waals surface area contributed by atoms with Gasteiger partial charge in [-0.25, -0.2) is 4.39 Å². The van der Waals surface area contributed by atoms with Crippen molar-refractivity contribution in [3.05, 3.63) is 29.6 Å². The van der Waals surface area contributed by atoms with Gasteiger partial charge < -0.3 is 20.5 Å². The van der Waals surface area contributed by atoms with Gasteiger partial charge in [-0.3, -0.25) is 10.6 Å². The van der Waals surface area contributed by atoms with Crippen LogP contribution in [0.25, 0.3) is 0 Å². The summed E-state index contributed by atoms with van der Waals surface area (Å²) in [6, 6.07) is 3.98. The maximum Gasteiger partial charge on any atom is 0.256 e. The Morgan fingerprint density at radius 1 is 1.33 bits per heavy atom. The highest BCUT2D eigenvalue weighted by Gasteiger charge is 2.19. The number of aliphatic hydroxyl groups is 2. The van der Waals surface area contributed by atoms with Gasteiger partial charge in [0.05, 0.1) is 24.5 Å². The topological polar surface area (TPSA) is 98.8 Å². The second kappa shape index (κ2) is 6.90. The largest absolute Gasteiger partial charge is 0.395 e. The molecule has 0 saturated heterocycles. The SMILES string of the molecule is NNc1c(F)cccc1C(=O)N(CCO)CCO. The highest BCUT2D eigenvalue weighted by Crippen LogP contribution is 2.20. The van der Waals surface area contributed by atoms with Crippen LogP contribution in [0.5, 0.6) is 0 Å². The Hall–Kier alpha value is -1.70. The van der Waals surface area contributed by atoms with Gasteiger partial charge in [0.1, 0.15) is 5.82 Å². The van der Waals surface area contributed by atoms with Gasteiger partial charge in [-0.15, -0.1) is 0 Å². The Morgan fingerprint density at radius 3 is 2.44 bits per heavy atom. The van der Waals surface area contributed by atoms with Crippen LogP contribution in [0.3, 0.4) is 0 Å². The van der Waals surface area contributed by atoms with E-state index in [1.807, 2.05) is 0 Å². The lowest BCUT2D eigenvalue weighted by atomic mass is 10.1. The van der Waals surface area contributed by atoms with Crippen molar-refractivity contribution in [1.29, 1.82) is 0 Å². The molecule has 0 heterocycles. The van der Waals surface area contributed by atoms with Gasteiger partial charge in [0.25, 0.3) is 5.91 Å². The second-order valence-corrected chi connectivity index (χ2v) is 3.55. The number of rotatable bonds is 6. The number of aliphatic hydroxyl groups excluding tert-OH is 2. The fourth-order valence-electron chi connectivity index (χ4n) is 1.58. The lowest BCUT2D eigenvalue weighted by molar-refractivity contribution is 0.0685. The molecule has 0 unspecified atom stereocenters. The van der Waals surface area contributed by atoms with E-state index in [4.69, 9.17) is 16.1 Å². The first-order valence-electron chi connectivity index (χ1n) is 5.41. The zero-order valence-electron chi connectivity index (χ0n) is 9.77. The molecule has 0 fully saturated rings. The predicted molar refractivity (Wildman–Crippen MR) is 64.3 cm³/mol. The van der Waals surface area contributed by atoms with E-state index in [-0.39, 0.29) is 37.6 Å². The standard InChI is InChI=1S/C11H16FN3O3/c12-9-3-1-2-8(10(9)14-13)11(18)15(4-6-16)5-7-17/h1-3,14,16-17H,4-7,13H2. The van der Waals surface area contributed by atoms with Crippen LogP contribution >= 0.6 is 0 Å². The van der Waals surface area contributed by atoms with Crippen molar-refractivity contribution in [2.75, 3.05) is 31.7 Å². The molecule has 0 aliphatic rings. The number of anilines is 1. The highest BCUT2D eigenvalue weighted by atomic mass is 19.1. The number of benzene rings is 1. The molecule has 1 aromatic rings. The number of amides is 1. The fraction of sp³-hybridized carbons (Fsp3) is 0.364. The molecule has 0 aromatic heterocycles. The zero-order chi connectivity index (χ0) is 13.5. The van der Waals surface area contributed by atoms with E-state index in [0.29, 0.717) is 0 Å². The molecule has 100 valence electrons. The molecule has 0 atom stereocenters. The third kappa shape index (κ3) is 3.16. The average Bonchev–Trinajstić information content (AvgIpc) is 2.37. The third-order valence-corrected chi connectivity index (χ3v) is 2.42. The number of halogens is 1. The minimum Gasteiger partial charge on any atom is -0.395 e. The van der Waals surface area contributed by atoms with Crippen LogP contribution in [0.1, 0.15) is 10.4 Å². The van der Waals surface area contributed by atoms with Gasteiger partial charge in [0.15, 0.2) is 0 Å². The van der Waals surface area contributed by atoms with E-state index in [1.54, 1.807) is 0 Å². The van der Waals surface area contributed by atoms with Crippen LogP contribution < -0.4 is 11.3 Å². The quantitative estimate of drug-likeness (QED) is 0.408. The van der Waals surface area contributed by atoms with Gasteiger partial charge in [0, 0.05) is 13.1 Å². The molecule has 6 nitrogen and oxygen atoms in total. The summed E-state index contributed by atoms with van der Waals surface area (Å²) < 4.78 is 13.4. The van der Waals surface area contributed by atoms with Crippen molar-refractivity contribution in [2.24, 2.45) is 5.84 Å². The molecule has 5 N–H and O–H groups in total. The first kappa shape index (κ1) is 14.4. The summed E-state index contributed by atoms with van der Waals surface area (Å²) in [4.78, 5) is 13.3.